The van der Waals surface area contributed by atoms with E-state index in [4.69, 9.17) is 33.4 Å². The van der Waals surface area contributed by atoms with Crippen LogP contribution in [0.25, 0.3) is 0 Å². The minimum atomic E-state index is -0.884. The first-order valence-corrected chi connectivity index (χ1v) is 6.52. The Morgan fingerprint density at radius 2 is 1.70 bits per heavy atom. The summed E-state index contributed by atoms with van der Waals surface area (Å²) in [6, 6.07) is 4.41. The van der Waals surface area contributed by atoms with Gasteiger partial charge in [-0.05, 0) is 18.2 Å². The number of carbonyl (C=O) groups excluding carboxylic acids is 2. The summed E-state index contributed by atoms with van der Waals surface area (Å²) in [6.07, 6.45) is 0. The van der Waals surface area contributed by atoms with E-state index in [-0.39, 0.29) is 31.3 Å². The second-order valence-corrected chi connectivity index (χ2v) is 4.64. The topological polar surface area (TPSA) is 89.9 Å². The molecule has 1 rings (SSSR count). The number of hydrogen-bond acceptors (Lipinski definition) is 4. The van der Waals surface area contributed by atoms with Crippen molar-refractivity contribution in [1.29, 1.82) is 0 Å². The maximum absolute atomic E-state index is 11.8. The molecule has 0 unspecified atom stereocenters. The van der Waals surface area contributed by atoms with Crippen LogP contribution in [-0.2, 0) is 9.59 Å². The normalized spacial score (nSPS) is 10.2. The Balaban J connectivity index is 2.73. The molecular weight excluding hydrogens is 307 g/mol. The number of aliphatic hydroxyl groups is 2. The van der Waals surface area contributed by atoms with Crippen molar-refractivity contribution in [2.24, 2.45) is 0 Å². The highest BCUT2D eigenvalue weighted by molar-refractivity contribution is 6.42. The smallest absolute Gasteiger partial charge is 0.313 e. The van der Waals surface area contributed by atoms with Crippen molar-refractivity contribution < 1.29 is 19.8 Å². The van der Waals surface area contributed by atoms with Crippen molar-refractivity contribution >= 4 is 40.7 Å². The molecule has 110 valence electrons. The Kier molecular flexibility index (Phi) is 6.74. The lowest BCUT2D eigenvalue weighted by Crippen LogP contribution is -2.42. The summed E-state index contributed by atoms with van der Waals surface area (Å²) in [7, 11) is 0. The Hall–Kier alpha value is -1.34. The molecule has 3 N–H and O–H groups in total. The zero-order valence-corrected chi connectivity index (χ0v) is 12.0. The van der Waals surface area contributed by atoms with Gasteiger partial charge >= 0.3 is 11.8 Å². The first-order chi connectivity index (χ1) is 9.49. The Morgan fingerprint density at radius 3 is 2.20 bits per heavy atom. The van der Waals surface area contributed by atoms with Crippen LogP contribution in [0.5, 0.6) is 0 Å². The number of amides is 2. The number of nitrogens with one attached hydrogen (secondary N) is 1. The van der Waals surface area contributed by atoms with E-state index in [0.29, 0.717) is 10.7 Å². The van der Waals surface area contributed by atoms with Crippen molar-refractivity contribution in [3.8, 4) is 0 Å². The monoisotopic (exact) mass is 320 g/mol. The number of aliphatic hydroxyl groups excluding tert-OH is 2. The maximum Gasteiger partial charge on any atom is 0.313 e. The van der Waals surface area contributed by atoms with E-state index >= 15 is 0 Å². The highest BCUT2D eigenvalue weighted by Gasteiger charge is 2.21. The first kappa shape index (κ1) is 16.7. The number of halogens is 2. The maximum atomic E-state index is 11.8. The summed E-state index contributed by atoms with van der Waals surface area (Å²) >= 11 is 11.5. The van der Waals surface area contributed by atoms with Gasteiger partial charge in [0.1, 0.15) is 0 Å². The summed E-state index contributed by atoms with van der Waals surface area (Å²) in [5, 5.41) is 20.6. The lowest BCUT2D eigenvalue weighted by Gasteiger charge is -2.19. The van der Waals surface area contributed by atoms with Gasteiger partial charge in [-0.1, -0.05) is 23.2 Å². The first-order valence-electron chi connectivity index (χ1n) is 5.76. The fourth-order valence-corrected chi connectivity index (χ4v) is 1.76. The van der Waals surface area contributed by atoms with Gasteiger partial charge in [-0.2, -0.15) is 0 Å². The molecule has 0 spiro atoms. The van der Waals surface area contributed by atoms with Gasteiger partial charge in [0.2, 0.25) is 0 Å². The zero-order chi connectivity index (χ0) is 15.1. The summed E-state index contributed by atoms with van der Waals surface area (Å²) in [5.41, 5.74) is 0.325. The second-order valence-electron chi connectivity index (χ2n) is 3.82. The number of nitrogens with zero attached hydrogens (tertiary/aromatic N) is 1. The molecule has 0 aliphatic heterocycles. The van der Waals surface area contributed by atoms with Gasteiger partial charge < -0.3 is 20.4 Å². The average molecular weight is 321 g/mol. The third kappa shape index (κ3) is 4.64. The molecule has 0 aliphatic carbocycles. The summed E-state index contributed by atoms with van der Waals surface area (Å²) in [5.74, 6) is -1.73. The molecule has 0 aliphatic rings. The van der Waals surface area contributed by atoms with Crippen LogP contribution < -0.4 is 5.32 Å². The van der Waals surface area contributed by atoms with Crippen molar-refractivity contribution in [1.82, 2.24) is 4.90 Å². The van der Waals surface area contributed by atoms with E-state index in [1.54, 1.807) is 0 Å². The fraction of sp³-hybridized carbons (Fsp3) is 0.333. The Labute approximate surface area is 125 Å². The molecule has 2 amide bonds. The van der Waals surface area contributed by atoms with E-state index in [1.807, 2.05) is 0 Å². The van der Waals surface area contributed by atoms with Crippen molar-refractivity contribution in [3.05, 3.63) is 28.2 Å². The molecule has 1 aromatic carbocycles. The Bertz CT molecular complexity index is 490. The van der Waals surface area contributed by atoms with Crippen LogP contribution in [0.1, 0.15) is 0 Å². The molecule has 0 atom stereocenters. The molecule has 6 nitrogen and oxygen atoms in total. The van der Waals surface area contributed by atoms with Crippen LogP contribution in [0.3, 0.4) is 0 Å². The lowest BCUT2D eigenvalue weighted by molar-refractivity contribution is -0.143. The van der Waals surface area contributed by atoms with Crippen LogP contribution in [-0.4, -0.2) is 53.2 Å². The molecule has 0 saturated heterocycles. The molecule has 8 heteroatoms. The van der Waals surface area contributed by atoms with Crippen molar-refractivity contribution in [2.45, 2.75) is 0 Å². The third-order valence-corrected chi connectivity index (χ3v) is 3.14. The lowest BCUT2D eigenvalue weighted by atomic mass is 10.3. The summed E-state index contributed by atoms with van der Waals surface area (Å²) < 4.78 is 0. The van der Waals surface area contributed by atoms with E-state index in [2.05, 4.69) is 5.32 Å². The number of rotatable bonds is 5. The van der Waals surface area contributed by atoms with Gasteiger partial charge in [0.15, 0.2) is 0 Å². The van der Waals surface area contributed by atoms with Crippen molar-refractivity contribution in [2.75, 3.05) is 31.6 Å². The van der Waals surface area contributed by atoms with Gasteiger partial charge in [0, 0.05) is 18.8 Å². The molecule has 1 aromatic rings. The van der Waals surface area contributed by atoms with Gasteiger partial charge in [0.05, 0.1) is 23.3 Å². The van der Waals surface area contributed by atoms with Crippen LogP contribution in [0.15, 0.2) is 18.2 Å². The predicted molar refractivity (Wildman–Crippen MR) is 75.8 cm³/mol. The minimum Gasteiger partial charge on any atom is -0.395 e. The summed E-state index contributed by atoms with van der Waals surface area (Å²) in [4.78, 5) is 24.6. The molecule has 0 radical (unpaired) electrons. The average Bonchev–Trinajstić information content (AvgIpc) is 2.42. The third-order valence-electron chi connectivity index (χ3n) is 2.40. The number of carbonyl (C=O) groups is 2. The summed E-state index contributed by atoms with van der Waals surface area (Å²) in [6.45, 7) is -0.667. The highest BCUT2D eigenvalue weighted by Crippen LogP contribution is 2.24. The minimum absolute atomic E-state index is 0.0335. The standard InChI is InChI=1S/C12H14Cl2N2O4/c13-9-2-1-8(7-10(9)14)15-11(19)12(20)16(3-5-17)4-6-18/h1-2,7,17-18H,3-6H2,(H,15,19). The SMILES string of the molecule is O=C(Nc1ccc(Cl)c(Cl)c1)C(=O)N(CCO)CCO. The molecule has 0 saturated carbocycles. The molecule has 20 heavy (non-hydrogen) atoms. The van der Waals surface area contributed by atoms with E-state index in [0.717, 1.165) is 4.90 Å². The number of anilines is 1. The van der Waals surface area contributed by atoms with Gasteiger partial charge in [0.25, 0.3) is 0 Å². The van der Waals surface area contributed by atoms with E-state index in [1.165, 1.54) is 18.2 Å². The highest BCUT2D eigenvalue weighted by atomic mass is 35.5. The van der Waals surface area contributed by atoms with Gasteiger partial charge in [-0.3, -0.25) is 9.59 Å². The Morgan fingerprint density at radius 1 is 1.10 bits per heavy atom. The molecule has 0 aromatic heterocycles. The van der Waals surface area contributed by atoms with E-state index < -0.39 is 11.8 Å². The van der Waals surface area contributed by atoms with E-state index in [9.17, 15) is 9.59 Å². The van der Waals surface area contributed by atoms with Gasteiger partial charge in [-0.25, -0.2) is 0 Å². The molecule has 0 heterocycles. The molecule has 0 bridgehead atoms. The van der Waals surface area contributed by atoms with Crippen LogP contribution in [0, 0.1) is 0 Å². The second kappa shape index (κ2) is 8.06. The van der Waals surface area contributed by atoms with Crippen LogP contribution in [0.2, 0.25) is 10.0 Å². The zero-order valence-electron chi connectivity index (χ0n) is 10.5. The molecule has 0 fully saturated rings. The molecular formula is C12H14Cl2N2O4. The van der Waals surface area contributed by atoms with Crippen molar-refractivity contribution in [3.63, 3.8) is 0 Å². The number of benzene rings is 1. The van der Waals surface area contributed by atoms with Crippen LogP contribution >= 0.6 is 23.2 Å². The van der Waals surface area contributed by atoms with Gasteiger partial charge in [-0.15, -0.1) is 0 Å². The largest absolute Gasteiger partial charge is 0.395 e. The quantitative estimate of drug-likeness (QED) is 0.698. The predicted octanol–water partition coefficient (Wildman–Crippen LogP) is 0.745. The van der Waals surface area contributed by atoms with Crippen LogP contribution in [0.4, 0.5) is 5.69 Å². The number of hydrogen-bond donors (Lipinski definition) is 3. The fourth-order valence-electron chi connectivity index (χ4n) is 1.46.